The van der Waals surface area contributed by atoms with Crippen LogP contribution < -0.4 is 0 Å². The first-order valence-corrected chi connectivity index (χ1v) is 9.71. The van der Waals surface area contributed by atoms with Crippen molar-refractivity contribution in [1.29, 1.82) is 0 Å². The summed E-state index contributed by atoms with van der Waals surface area (Å²) in [6.45, 7) is 3.98. The highest BCUT2D eigenvalue weighted by Gasteiger charge is 1.95. The van der Waals surface area contributed by atoms with E-state index in [2.05, 4.69) is 6.92 Å². The van der Waals surface area contributed by atoms with Crippen molar-refractivity contribution in [2.75, 3.05) is 7.11 Å². The van der Waals surface area contributed by atoms with Crippen LogP contribution in [0.15, 0.2) is 0 Å². The van der Waals surface area contributed by atoms with Gasteiger partial charge >= 0.3 is 0 Å². The first-order chi connectivity index (χ1) is 10.8. The Kier molecular flexibility index (Phi) is 24.9. The number of Topliss-reactive ketones (excluding diaryl/α,β-unsaturated/α-hetero) is 1. The molecular formula is C20H42O2. The molecule has 134 valence electrons. The Morgan fingerprint density at radius 3 is 1.14 bits per heavy atom. The van der Waals surface area contributed by atoms with Gasteiger partial charge in [0.25, 0.3) is 0 Å². The van der Waals surface area contributed by atoms with Crippen LogP contribution in [-0.2, 0) is 4.79 Å². The van der Waals surface area contributed by atoms with Crippen molar-refractivity contribution in [3.63, 3.8) is 0 Å². The number of hydrogen-bond donors (Lipinski definition) is 1. The fraction of sp³-hybridized carbons (Fsp3) is 0.950. The number of hydrogen-bond acceptors (Lipinski definition) is 2. The summed E-state index contributed by atoms with van der Waals surface area (Å²) in [5, 5.41) is 7.00. The lowest BCUT2D eigenvalue weighted by Crippen LogP contribution is -1.89. The molecule has 0 bridgehead atoms. The van der Waals surface area contributed by atoms with Crippen LogP contribution in [0, 0.1) is 0 Å². The molecule has 0 heterocycles. The summed E-state index contributed by atoms with van der Waals surface area (Å²) >= 11 is 0. The Bertz CT molecular complexity index is 202. The van der Waals surface area contributed by atoms with Crippen molar-refractivity contribution >= 4 is 5.78 Å². The third-order valence-corrected chi connectivity index (χ3v) is 4.13. The van der Waals surface area contributed by atoms with E-state index >= 15 is 0 Å². The second-order valence-electron chi connectivity index (χ2n) is 6.40. The Morgan fingerprint density at radius 2 is 0.864 bits per heavy atom. The topological polar surface area (TPSA) is 37.3 Å². The average Bonchev–Trinajstić information content (AvgIpc) is 2.53. The van der Waals surface area contributed by atoms with Gasteiger partial charge in [-0.05, 0) is 13.3 Å². The van der Waals surface area contributed by atoms with Crippen LogP contribution in [-0.4, -0.2) is 18.0 Å². The standard InChI is InChI=1S/C19H38O.CH4O/c1-3-4-5-6-7-8-9-10-11-12-13-14-15-16-17-18-19(2)20;1-2/h3-18H2,1-2H3;2H,1H3. The molecule has 2 nitrogen and oxygen atoms in total. The summed E-state index contributed by atoms with van der Waals surface area (Å²) in [6, 6.07) is 0. The van der Waals surface area contributed by atoms with Crippen LogP contribution in [0.2, 0.25) is 0 Å². The lowest BCUT2D eigenvalue weighted by Gasteiger charge is -2.03. The van der Waals surface area contributed by atoms with Crippen LogP contribution >= 0.6 is 0 Å². The predicted molar refractivity (Wildman–Crippen MR) is 98.4 cm³/mol. The molecule has 0 aromatic heterocycles. The number of rotatable bonds is 16. The van der Waals surface area contributed by atoms with E-state index in [0.717, 1.165) is 20.0 Å². The van der Waals surface area contributed by atoms with Gasteiger partial charge in [-0.15, -0.1) is 0 Å². The molecule has 0 radical (unpaired) electrons. The second-order valence-corrected chi connectivity index (χ2v) is 6.40. The van der Waals surface area contributed by atoms with Gasteiger partial charge in [0.05, 0.1) is 0 Å². The number of carbonyl (C=O) groups excluding carboxylic acids is 1. The van der Waals surface area contributed by atoms with E-state index in [9.17, 15) is 4.79 Å². The molecule has 0 saturated carbocycles. The smallest absolute Gasteiger partial charge is 0.129 e. The number of ketones is 1. The SMILES string of the molecule is CCCCCCCCCCCCCCCCCC(C)=O.CO. The maximum absolute atomic E-state index is 10.8. The van der Waals surface area contributed by atoms with Gasteiger partial charge in [0.2, 0.25) is 0 Å². The van der Waals surface area contributed by atoms with Gasteiger partial charge in [0, 0.05) is 13.5 Å². The van der Waals surface area contributed by atoms with E-state index in [1.807, 2.05) is 0 Å². The molecule has 0 aliphatic rings. The molecule has 0 aliphatic carbocycles. The van der Waals surface area contributed by atoms with E-state index in [4.69, 9.17) is 5.11 Å². The molecule has 0 amide bonds. The number of unbranched alkanes of at least 4 members (excludes halogenated alkanes) is 14. The molecule has 0 aromatic rings. The molecule has 2 heteroatoms. The Balaban J connectivity index is 0. The van der Waals surface area contributed by atoms with Crippen LogP contribution in [0.5, 0.6) is 0 Å². The molecular weight excluding hydrogens is 272 g/mol. The van der Waals surface area contributed by atoms with Crippen molar-refractivity contribution < 1.29 is 9.90 Å². The molecule has 0 aromatic carbocycles. The zero-order valence-electron chi connectivity index (χ0n) is 15.7. The maximum Gasteiger partial charge on any atom is 0.129 e. The summed E-state index contributed by atoms with van der Waals surface area (Å²) < 4.78 is 0. The zero-order valence-corrected chi connectivity index (χ0v) is 15.7. The lowest BCUT2D eigenvalue weighted by molar-refractivity contribution is -0.117. The Morgan fingerprint density at radius 1 is 0.591 bits per heavy atom. The fourth-order valence-corrected chi connectivity index (χ4v) is 2.75. The summed E-state index contributed by atoms with van der Waals surface area (Å²) in [6.07, 6.45) is 21.6. The molecule has 0 fully saturated rings. The minimum Gasteiger partial charge on any atom is -0.400 e. The first kappa shape index (κ1) is 23.9. The molecule has 0 aliphatic heterocycles. The highest BCUT2D eigenvalue weighted by Crippen LogP contribution is 2.13. The van der Waals surface area contributed by atoms with Gasteiger partial charge in [-0.2, -0.15) is 0 Å². The van der Waals surface area contributed by atoms with Gasteiger partial charge in [-0.3, -0.25) is 0 Å². The molecule has 1 N–H and O–H groups in total. The lowest BCUT2D eigenvalue weighted by atomic mass is 10.0. The van der Waals surface area contributed by atoms with Crippen molar-refractivity contribution in [3.05, 3.63) is 0 Å². The van der Waals surface area contributed by atoms with Crippen molar-refractivity contribution in [2.24, 2.45) is 0 Å². The van der Waals surface area contributed by atoms with Gasteiger partial charge in [-0.1, -0.05) is 96.8 Å². The summed E-state index contributed by atoms with van der Waals surface area (Å²) in [7, 11) is 1.00. The predicted octanol–water partition coefficient (Wildman–Crippen LogP) is 6.45. The quantitative estimate of drug-likeness (QED) is 0.333. The van der Waals surface area contributed by atoms with Gasteiger partial charge < -0.3 is 9.90 Å². The van der Waals surface area contributed by atoms with E-state index in [1.54, 1.807) is 6.92 Å². The monoisotopic (exact) mass is 314 g/mol. The maximum atomic E-state index is 10.8. The number of aliphatic hydroxyl groups is 1. The highest BCUT2D eigenvalue weighted by atomic mass is 16.2. The van der Waals surface area contributed by atoms with Gasteiger partial charge in [0.15, 0.2) is 0 Å². The van der Waals surface area contributed by atoms with E-state index in [-0.39, 0.29) is 0 Å². The third-order valence-electron chi connectivity index (χ3n) is 4.13. The number of carbonyl (C=O) groups is 1. The van der Waals surface area contributed by atoms with Crippen molar-refractivity contribution in [2.45, 2.75) is 117 Å². The summed E-state index contributed by atoms with van der Waals surface area (Å²) in [4.78, 5) is 10.8. The number of aliphatic hydroxyl groups excluding tert-OH is 1. The van der Waals surface area contributed by atoms with Crippen LogP contribution in [0.25, 0.3) is 0 Å². The second kappa shape index (κ2) is 22.9. The Labute approximate surface area is 140 Å². The van der Waals surface area contributed by atoms with Crippen molar-refractivity contribution in [1.82, 2.24) is 0 Å². The zero-order chi connectivity index (χ0) is 16.9. The van der Waals surface area contributed by atoms with Gasteiger partial charge in [0.1, 0.15) is 5.78 Å². The first-order valence-electron chi connectivity index (χ1n) is 9.71. The average molecular weight is 315 g/mol. The third kappa shape index (κ3) is 24.6. The van der Waals surface area contributed by atoms with Crippen LogP contribution in [0.1, 0.15) is 117 Å². The minimum atomic E-state index is 0.347. The summed E-state index contributed by atoms with van der Waals surface area (Å²) in [5.41, 5.74) is 0. The molecule has 22 heavy (non-hydrogen) atoms. The molecule has 0 rings (SSSR count). The minimum absolute atomic E-state index is 0.347. The molecule has 0 unspecified atom stereocenters. The van der Waals surface area contributed by atoms with E-state index in [0.29, 0.717) is 5.78 Å². The fourth-order valence-electron chi connectivity index (χ4n) is 2.75. The molecule has 0 saturated heterocycles. The largest absolute Gasteiger partial charge is 0.400 e. The van der Waals surface area contributed by atoms with E-state index < -0.39 is 0 Å². The Hall–Kier alpha value is -0.370. The molecule has 0 spiro atoms. The van der Waals surface area contributed by atoms with Gasteiger partial charge in [-0.25, -0.2) is 0 Å². The normalized spacial score (nSPS) is 10.2. The highest BCUT2D eigenvalue weighted by molar-refractivity contribution is 5.75. The van der Waals surface area contributed by atoms with E-state index in [1.165, 1.54) is 89.9 Å². The molecule has 0 atom stereocenters. The van der Waals surface area contributed by atoms with Crippen LogP contribution in [0.4, 0.5) is 0 Å². The van der Waals surface area contributed by atoms with Crippen molar-refractivity contribution in [3.8, 4) is 0 Å². The summed E-state index contributed by atoms with van der Waals surface area (Å²) in [5.74, 6) is 0.347. The van der Waals surface area contributed by atoms with Crippen LogP contribution in [0.3, 0.4) is 0 Å².